The van der Waals surface area contributed by atoms with Gasteiger partial charge in [0.1, 0.15) is 0 Å². The Hall–Kier alpha value is -0.500. The molecule has 0 aromatic carbocycles. The van der Waals surface area contributed by atoms with Crippen LogP contribution in [-0.2, 0) is 4.74 Å². The molecule has 1 aliphatic heterocycles. The predicted molar refractivity (Wildman–Crippen MR) is 34.4 cm³/mol. The first-order valence-electron chi connectivity index (χ1n) is 2.84. The Balaban J connectivity index is 0.000000222. The van der Waals surface area contributed by atoms with E-state index in [1.165, 1.54) is 19.9 Å². The van der Waals surface area contributed by atoms with E-state index in [-0.39, 0.29) is 0 Å². The van der Waals surface area contributed by atoms with Crippen molar-refractivity contribution in [3.05, 3.63) is 12.3 Å². The van der Waals surface area contributed by atoms with Gasteiger partial charge in [-0.15, -0.1) is 0 Å². The third kappa shape index (κ3) is 3.68. The van der Waals surface area contributed by atoms with Gasteiger partial charge in [0, 0.05) is 0 Å². The van der Waals surface area contributed by atoms with Crippen molar-refractivity contribution in [2.75, 3.05) is 13.7 Å². The molecule has 48 valence electrons. The fraction of sp³-hybridized carbons (Fsp3) is 0.667. The van der Waals surface area contributed by atoms with Crippen molar-refractivity contribution in [1.29, 1.82) is 0 Å². The predicted octanol–water partition coefficient (Wildman–Crippen LogP) is 0.885. The summed E-state index contributed by atoms with van der Waals surface area (Å²) >= 11 is 0. The van der Waals surface area contributed by atoms with Crippen LogP contribution in [0, 0.1) is 0 Å². The third-order valence-electron chi connectivity index (χ3n) is 0.825. The first kappa shape index (κ1) is 7.50. The maximum Gasteiger partial charge on any atom is 0.0876 e. The number of ether oxygens (including phenoxy) is 1. The van der Waals surface area contributed by atoms with Gasteiger partial charge in [0.2, 0.25) is 0 Å². The number of nitrogens with two attached hydrogens (primary N) is 1. The molecule has 8 heavy (non-hydrogen) atoms. The quantitative estimate of drug-likeness (QED) is 0.508. The van der Waals surface area contributed by atoms with Crippen LogP contribution in [0.2, 0.25) is 0 Å². The molecular weight excluding hydrogens is 102 g/mol. The van der Waals surface area contributed by atoms with Gasteiger partial charge in [0.25, 0.3) is 0 Å². The van der Waals surface area contributed by atoms with Gasteiger partial charge in [-0.3, -0.25) is 0 Å². The second kappa shape index (κ2) is 6.50. The van der Waals surface area contributed by atoms with Gasteiger partial charge in [0.05, 0.1) is 12.9 Å². The van der Waals surface area contributed by atoms with E-state index in [2.05, 4.69) is 5.73 Å². The van der Waals surface area contributed by atoms with Crippen molar-refractivity contribution in [3.63, 3.8) is 0 Å². The molecule has 2 N–H and O–H groups in total. The van der Waals surface area contributed by atoms with Crippen molar-refractivity contribution < 1.29 is 4.74 Å². The smallest absolute Gasteiger partial charge is 0.0876 e. The first-order chi connectivity index (χ1) is 4.00. The number of rotatable bonds is 0. The van der Waals surface area contributed by atoms with Crippen molar-refractivity contribution in [2.45, 2.75) is 12.8 Å². The van der Waals surface area contributed by atoms with E-state index in [4.69, 9.17) is 4.74 Å². The molecule has 2 heteroatoms. The van der Waals surface area contributed by atoms with Gasteiger partial charge in [-0.2, -0.15) is 0 Å². The number of allylic oxidation sites excluding steroid dienone is 1. The van der Waals surface area contributed by atoms with Crippen LogP contribution in [-0.4, -0.2) is 13.7 Å². The molecular formula is C6H13NO. The lowest BCUT2D eigenvalue weighted by molar-refractivity contribution is 0.231. The number of hydrogen-bond donors (Lipinski definition) is 1. The summed E-state index contributed by atoms with van der Waals surface area (Å²) < 4.78 is 4.89. The molecule has 0 bridgehead atoms. The zero-order chi connectivity index (χ0) is 6.24. The van der Waals surface area contributed by atoms with Crippen LogP contribution < -0.4 is 5.73 Å². The molecule has 0 spiro atoms. The maximum absolute atomic E-state index is 4.89. The highest BCUT2D eigenvalue weighted by Crippen LogP contribution is 1.97. The first-order valence-corrected chi connectivity index (χ1v) is 2.84. The largest absolute Gasteiger partial charge is 0.502 e. The van der Waals surface area contributed by atoms with Crippen LogP contribution in [0.1, 0.15) is 12.8 Å². The molecule has 0 saturated heterocycles. The summed E-state index contributed by atoms with van der Waals surface area (Å²) in [6.45, 7) is 0.913. The molecule has 0 saturated carbocycles. The van der Waals surface area contributed by atoms with Crippen molar-refractivity contribution in [2.24, 2.45) is 5.73 Å². The molecule has 0 radical (unpaired) electrons. The van der Waals surface area contributed by atoms with Gasteiger partial charge in [-0.05, 0) is 26.0 Å². The Morgan fingerprint density at radius 1 is 1.50 bits per heavy atom. The molecule has 0 fully saturated rings. The van der Waals surface area contributed by atoms with Crippen molar-refractivity contribution in [1.82, 2.24) is 0 Å². The van der Waals surface area contributed by atoms with E-state index in [0.29, 0.717) is 0 Å². The summed E-state index contributed by atoms with van der Waals surface area (Å²) in [5.74, 6) is 0. The van der Waals surface area contributed by atoms with Crippen molar-refractivity contribution >= 4 is 0 Å². The summed E-state index contributed by atoms with van der Waals surface area (Å²) in [5.41, 5.74) is 4.50. The Kier molecular flexibility index (Phi) is 6.09. The summed E-state index contributed by atoms with van der Waals surface area (Å²) in [5, 5.41) is 0. The summed E-state index contributed by atoms with van der Waals surface area (Å²) in [6.07, 6.45) is 6.20. The van der Waals surface area contributed by atoms with Crippen LogP contribution in [0.5, 0.6) is 0 Å². The van der Waals surface area contributed by atoms with Gasteiger partial charge < -0.3 is 10.5 Å². The summed E-state index contributed by atoms with van der Waals surface area (Å²) in [7, 11) is 1.50. The Bertz CT molecular complexity index is 53.5. The highest BCUT2D eigenvalue weighted by molar-refractivity contribution is 4.76. The maximum atomic E-state index is 4.89. The highest BCUT2D eigenvalue weighted by Gasteiger charge is 1.86. The average molecular weight is 115 g/mol. The minimum absolute atomic E-state index is 0.913. The minimum atomic E-state index is 0.913. The highest BCUT2D eigenvalue weighted by atomic mass is 16.5. The van der Waals surface area contributed by atoms with Crippen LogP contribution in [0.4, 0.5) is 0 Å². The standard InChI is InChI=1S/C5H8O.CH5N/c1-2-4-6-5-3-1;1-2/h2,4H,1,3,5H2;2H2,1H3. The molecule has 0 aromatic rings. The minimum Gasteiger partial charge on any atom is -0.502 e. The molecule has 1 aliphatic rings. The molecule has 1 heterocycles. The SMILES string of the molecule is C1=COCCC1.CN. The molecule has 1 rings (SSSR count). The third-order valence-corrected chi connectivity index (χ3v) is 0.825. The summed E-state index contributed by atoms with van der Waals surface area (Å²) in [4.78, 5) is 0. The molecule has 0 atom stereocenters. The molecule has 0 amide bonds. The second-order valence-electron chi connectivity index (χ2n) is 1.38. The van der Waals surface area contributed by atoms with E-state index < -0.39 is 0 Å². The van der Waals surface area contributed by atoms with E-state index in [9.17, 15) is 0 Å². The van der Waals surface area contributed by atoms with Gasteiger partial charge in [-0.1, -0.05) is 0 Å². The topological polar surface area (TPSA) is 35.2 Å². The lowest BCUT2D eigenvalue weighted by atomic mass is 10.3. The summed E-state index contributed by atoms with van der Waals surface area (Å²) in [6, 6.07) is 0. The van der Waals surface area contributed by atoms with Crippen LogP contribution >= 0.6 is 0 Å². The second-order valence-corrected chi connectivity index (χ2v) is 1.38. The fourth-order valence-corrected chi connectivity index (χ4v) is 0.489. The van der Waals surface area contributed by atoms with Gasteiger partial charge >= 0.3 is 0 Å². The van der Waals surface area contributed by atoms with E-state index >= 15 is 0 Å². The van der Waals surface area contributed by atoms with Crippen molar-refractivity contribution in [3.8, 4) is 0 Å². The fourth-order valence-electron chi connectivity index (χ4n) is 0.489. The van der Waals surface area contributed by atoms with Crippen LogP contribution in [0.3, 0.4) is 0 Å². The molecule has 2 nitrogen and oxygen atoms in total. The van der Waals surface area contributed by atoms with Crippen LogP contribution in [0.15, 0.2) is 12.3 Å². The number of hydrogen-bond acceptors (Lipinski definition) is 2. The van der Waals surface area contributed by atoms with Gasteiger partial charge in [0.15, 0.2) is 0 Å². The Labute approximate surface area is 50.3 Å². The Morgan fingerprint density at radius 3 is 2.38 bits per heavy atom. The zero-order valence-corrected chi connectivity index (χ0v) is 5.26. The monoisotopic (exact) mass is 115 g/mol. The van der Waals surface area contributed by atoms with E-state index in [0.717, 1.165) is 6.61 Å². The molecule has 0 aliphatic carbocycles. The average Bonchev–Trinajstić information content (AvgIpc) is 1.96. The van der Waals surface area contributed by atoms with Gasteiger partial charge in [-0.25, -0.2) is 0 Å². The molecule has 0 aromatic heterocycles. The zero-order valence-electron chi connectivity index (χ0n) is 5.26. The van der Waals surface area contributed by atoms with E-state index in [1.807, 2.05) is 6.08 Å². The van der Waals surface area contributed by atoms with E-state index in [1.54, 1.807) is 6.26 Å². The lowest BCUT2D eigenvalue weighted by Crippen LogP contribution is -1.90. The van der Waals surface area contributed by atoms with Crippen LogP contribution in [0.25, 0.3) is 0 Å². The molecule has 0 unspecified atom stereocenters. The Morgan fingerprint density at radius 2 is 2.25 bits per heavy atom. The normalized spacial score (nSPS) is 15.8. The lowest BCUT2D eigenvalue weighted by Gasteiger charge is -2.01.